The molecule has 0 saturated heterocycles. The van der Waals surface area contributed by atoms with E-state index in [1.165, 1.54) is 6.07 Å². The Morgan fingerprint density at radius 3 is 2.76 bits per heavy atom. The molecule has 1 aromatic carbocycles. The molecule has 0 saturated carbocycles. The number of halogens is 2. The second-order valence-electron chi connectivity index (χ2n) is 3.52. The second kappa shape index (κ2) is 5.33. The Morgan fingerprint density at radius 1 is 1.35 bits per heavy atom. The molecule has 0 spiro atoms. The zero-order valence-corrected chi connectivity index (χ0v) is 10.8. The summed E-state index contributed by atoms with van der Waals surface area (Å²) in [5.41, 5.74) is 1.24. The van der Waals surface area contributed by atoms with Gasteiger partial charge >= 0.3 is 0 Å². The van der Waals surface area contributed by atoms with Crippen molar-refractivity contribution in [3.05, 3.63) is 58.3 Å². The van der Waals surface area contributed by atoms with Gasteiger partial charge in [-0.05, 0) is 19.2 Å². The van der Waals surface area contributed by atoms with Crippen molar-refractivity contribution < 1.29 is 4.39 Å². The molecule has 0 aliphatic heterocycles. The summed E-state index contributed by atoms with van der Waals surface area (Å²) >= 11 is 3.24. The third-order valence-corrected chi connectivity index (χ3v) is 2.93. The summed E-state index contributed by atoms with van der Waals surface area (Å²) in [5, 5.41) is 3.04. The van der Waals surface area contributed by atoms with Gasteiger partial charge in [-0.2, -0.15) is 0 Å². The number of aromatic nitrogens is 2. The number of rotatable bonds is 3. The van der Waals surface area contributed by atoms with Gasteiger partial charge in [0.15, 0.2) is 0 Å². The average Bonchev–Trinajstić information content (AvgIpc) is 2.34. The van der Waals surface area contributed by atoms with E-state index in [0.717, 1.165) is 0 Å². The third kappa shape index (κ3) is 2.68. The topological polar surface area (TPSA) is 37.8 Å². The molecule has 17 heavy (non-hydrogen) atoms. The van der Waals surface area contributed by atoms with E-state index in [1.54, 1.807) is 37.8 Å². The lowest BCUT2D eigenvalue weighted by atomic mass is 10.0. The molecule has 5 heteroatoms. The van der Waals surface area contributed by atoms with Crippen molar-refractivity contribution in [3.8, 4) is 0 Å². The highest BCUT2D eigenvalue weighted by Gasteiger charge is 2.17. The van der Waals surface area contributed by atoms with Crippen molar-refractivity contribution in [3.63, 3.8) is 0 Å². The van der Waals surface area contributed by atoms with Crippen LogP contribution < -0.4 is 5.32 Å². The predicted molar refractivity (Wildman–Crippen MR) is 67.0 cm³/mol. The molecule has 0 amide bonds. The van der Waals surface area contributed by atoms with Crippen LogP contribution in [0.2, 0.25) is 0 Å². The van der Waals surface area contributed by atoms with Crippen LogP contribution >= 0.6 is 15.9 Å². The molecule has 1 N–H and O–H groups in total. The monoisotopic (exact) mass is 295 g/mol. The molecule has 1 atom stereocenters. The summed E-state index contributed by atoms with van der Waals surface area (Å²) in [6.07, 6.45) is 4.81. The molecular formula is C12H11BrFN3. The van der Waals surface area contributed by atoms with Gasteiger partial charge in [0.05, 0.1) is 17.9 Å². The Hall–Kier alpha value is -1.33. The lowest BCUT2D eigenvalue weighted by molar-refractivity contribution is 0.569. The molecule has 0 aliphatic rings. The fraction of sp³-hybridized carbons (Fsp3) is 0.167. The van der Waals surface area contributed by atoms with E-state index in [1.807, 2.05) is 0 Å². The van der Waals surface area contributed by atoms with E-state index in [4.69, 9.17) is 0 Å². The van der Waals surface area contributed by atoms with Gasteiger partial charge in [-0.25, -0.2) is 4.39 Å². The third-order valence-electron chi connectivity index (χ3n) is 2.44. The Labute approximate surface area is 107 Å². The predicted octanol–water partition coefficient (Wildman–Crippen LogP) is 2.69. The van der Waals surface area contributed by atoms with E-state index >= 15 is 0 Å². The van der Waals surface area contributed by atoms with Crippen molar-refractivity contribution in [1.29, 1.82) is 0 Å². The van der Waals surface area contributed by atoms with E-state index < -0.39 is 0 Å². The van der Waals surface area contributed by atoms with E-state index in [9.17, 15) is 4.39 Å². The lowest BCUT2D eigenvalue weighted by Gasteiger charge is -2.16. The van der Waals surface area contributed by atoms with Crippen molar-refractivity contribution >= 4 is 15.9 Å². The minimum absolute atomic E-state index is 0.274. The summed E-state index contributed by atoms with van der Waals surface area (Å²) in [7, 11) is 1.76. The van der Waals surface area contributed by atoms with Gasteiger partial charge in [-0.3, -0.25) is 9.97 Å². The van der Waals surface area contributed by atoms with Crippen LogP contribution in [0.3, 0.4) is 0 Å². The summed E-state index contributed by atoms with van der Waals surface area (Å²) in [5.74, 6) is -0.274. The first kappa shape index (κ1) is 12.1. The van der Waals surface area contributed by atoms with Crippen LogP contribution in [-0.2, 0) is 0 Å². The smallest absolute Gasteiger partial charge is 0.129 e. The van der Waals surface area contributed by atoms with Crippen molar-refractivity contribution in [2.45, 2.75) is 6.04 Å². The first-order valence-electron chi connectivity index (χ1n) is 5.10. The zero-order valence-electron chi connectivity index (χ0n) is 9.19. The molecule has 1 heterocycles. The van der Waals surface area contributed by atoms with Gasteiger partial charge in [0.2, 0.25) is 0 Å². The van der Waals surface area contributed by atoms with Gasteiger partial charge < -0.3 is 5.32 Å². The summed E-state index contributed by atoms with van der Waals surface area (Å²) in [6, 6.07) is 4.68. The Morgan fingerprint density at radius 2 is 2.18 bits per heavy atom. The van der Waals surface area contributed by atoms with Crippen LogP contribution in [0.5, 0.6) is 0 Å². The van der Waals surface area contributed by atoms with Crippen LogP contribution in [0, 0.1) is 5.82 Å². The molecule has 1 aromatic heterocycles. The normalized spacial score (nSPS) is 12.4. The molecule has 2 aromatic rings. The first-order chi connectivity index (χ1) is 8.22. The van der Waals surface area contributed by atoms with E-state index in [-0.39, 0.29) is 11.9 Å². The summed E-state index contributed by atoms with van der Waals surface area (Å²) in [6.45, 7) is 0. The molecule has 88 valence electrons. The highest BCUT2D eigenvalue weighted by atomic mass is 79.9. The Kier molecular flexibility index (Phi) is 3.81. The largest absolute Gasteiger partial charge is 0.308 e. The quantitative estimate of drug-likeness (QED) is 0.946. The molecule has 0 radical (unpaired) electrons. The van der Waals surface area contributed by atoms with Crippen LogP contribution in [0.25, 0.3) is 0 Å². The number of hydrogen-bond acceptors (Lipinski definition) is 3. The van der Waals surface area contributed by atoms with Crippen LogP contribution in [0.15, 0.2) is 41.3 Å². The van der Waals surface area contributed by atoms with Crippen molar-refractivity contribution in [2.24, 2.45) is 0 Å². The maximum Gasteiger partial charge on any atom is 0.129 e. The fourth-order valence-electron chi connectivity index (χ4n) is 1.66. The highest BCUT2D eigenvalue weighted by molar-refractivity contribution is 9.10. The van der Waals surface area contributed by atoms with Gasteiger partial charge in [0.1, 0.15) is 5.82 Å². The minimum atomic E-state index is -0.295. The van der Waals surface area contributed by atoms with Gasteiger partial charge in [0, 0.05) is 22.4 Å². The maximum absolute atomic E-state index is 13.9. The van der Waals surface area contributed by atoms with Gasteiger partial charge in [-0.15, -0.1) is 0 Å². The molecule has 1 unspecified atom stereocenters. The number of nitrogens with one attached hydrogen (secondary N) is 1. The van der Waals surface area contributed by atoms with Crippen LogP contribution in [-0.4, -0.2) is 17.0 Å². The maximum atomic E-state index is 13.9. The van der Waals surface area contributed by atoms with Crippen molar-refractivity contribution in [1.82, 2.24) is 15.3 Å². The molecule has 0 fully saturated rings. The zero-order chi connectivity index (χ0) is 12.3. The van der Waals surface area contributed by atoms with Gasteiger partial charge in [0.25, 0.3) is 0 Å². The van der Waals surface area contributed by atoms with E-state index in [2.05, 4.69) is 31.2 Å². The summed E-state index contributed by atoms with van der Waals surface area (Å²) in [4.78, 5) is 8.18. The second-order valence-corrected chi connectivity index (χ2v) is 4.43. The Balaban J connectivity index is 2.42. The standard InChI is InChI=1S/C12H11BrFN3/c1-15-12(11-7-16-4-5-17-11)9-3-2-8(13)6-10(9)14/h2-7,12,15H,1H3. The van der Waals surface area contributed by atoms with Gasteiger partial charge in [-0.1, -0.05) is 22.0 Å². The molecule has 0 bridgehead atoms. The molecule has 3 nitrogen and oxygen atoms in total. The minimum Gasteiger partial charge on any atom is -0.308 e. The molecular weight excluding hydrogens is 285 g/mol. The molecule has 0 aliphatic carbocycles. The SMILES string of the molecule is CNC(c1cnccn1)c1ccc(Br)cc1F. The highest BCUT2D eigenvalue weighted by Crippen LogP contribution is 2.24. The van der Waals surface area contributed by atoms with Crippen molar-refractivity contribution in [2.75, 3.05) is 7.05 Å². The molecule has 2 rings (SSSR count). The number of nitrogens with zero attached hydrogens (tertiary/aromatic N) is 2. The van der Waals surface area contributed by atoms with Crippen LogP contribution in [0.4, 0.5) is 4.39 Å². The van der Waals surface area contributed by atoms with E-state index in [0.29, 0.717) is 15.7 Å². The average molecular weight is 296 g/mol. The number of hydrogen-bond donors (Lipinski definition) is 1. The fourth-order valence-corrected chi connectivity index (χ4v) is 1.99. The van der Waals surface area contributed by atoms with Crippen LogP contribution in [0.1, 0.15) is 17.3 Å². The first-order valence-corrected chi connectivity index (χ1v) is 5.90. The summed E-state index contributed by atoms with van der Waals surface area (Å²) < 4.78 is 14.6. The lowest BCUT2D eigenvalue weighted by Crippen LogP contribution is -2.20. The Bertz CT molecular complexity index is 504. The number of benzene rings is 1.